The van der Waals surface area contributed by atoms with Crippen molar-refractivity contribution in [1.29, 1.82) is 0 Å². The molecule has 0 saturated carbocycles. The predicted molar refractivity (Wildman–Crippen MR) is 37.5 cm³/mol. The van der Waals surface area contributed by atoms with Crippen molar-refractivity contribution >= 4 is 0 Å². The molecule has 0 aliphatic carbocycles. The number of rotatable bonds is 1. The molecule has 0 aromatic carbocycles. The standard InChI is InChI=1S/C6H10N2O5/c9-1-2(10)4(5-7-8-5)13-6(12)3(1)11/h1-6,9-12H/t1-,2-,3+,4-,6+/m0/s1. The summed E-state index contributed by atoms with van der Waals surface area (Å²) in [6.07, 6.45) is -7.11. The smallest absolute Gasteiger partial charge is 0.209 e. The minimum absolute atomic E-state index is 0.535. The molecule has 2 aliphatic heterocycles. The van der Waals surface area contributed by atoms with Crippen LogP contribution in [0.15, 0.2) is 10.2 Å². The van der Waals surface area contributed by atoms with Crippen molar-refractivity contribution < 1.29 is 25.2 Å². The molecule has 0 spiro atoms. The Bertz CT molecular complexity index is 229. The van der Waals surface area contributed by atoms with Gasteiger partial charge in [0.05, 0.1) is 0 Å². The molecule has 0 bridgehead atoms. The van der Waals surface area contributed by atoms with Crippen LogP contribution >= 0.6 is 0 Å². The summed E-state index contributed by atoms with van der Waals surface area (Å²) >= 11 is 0. The van der Waals surface area contributed by atoms with E-state index in [4.69, 9.17) is 14.9 Å². The van der Waals surface area contributed by atoms with Gasteiger partial charge >= 0.3 is 0 Å². The van der Waals surface area contributed by atoms with Crippen LogP contribution in [0.4, 0.5) is 0 Å². The molecular weight excluding hydrogens is 180 g/mol. The van der Waals surface area contributed by atoms with Crippen LogP contribution in [0, 0.1) is 0 Å². The molecule has 1 fully saturated rings. The van der Waals surface area contributed by atoms with Gasteiger partial charge in [-0.2, -0.15) is 10.2 Å². The van der Waals surface area contributed by atoms with Gasteiger partial charge < -0.3 is 25.2 Å². The van der Waals surface area contributed by atoms with Crippen LogP contribution in [0.3, 0.4) is 0 Å². The molecule has 0 unspecified atom stereocenters. The normalized spacial score (nSPS) is 50.9. The van der Waals surface area contributed by atoms with Gasteiger partial charge in [-0.15, -0.1) is 0 Å². The highest BCUT2D eigenvalue weighted by Gasteiger charge is 2.48. The summed E-state index contributed by atoms with van der Waals surface area (Å²) in [5.41, 5.74) is 0. The second kappa shape index (κ2) is 2.96. The van der Waals surface area contributed by atoms with E-state index in [1.807, 2.05) is 0 Å². The third-order valence-corrected chi connectivity index (χ3v) is 2.17. The minimum atomic E-state index is -1.51. The Labute approximate surface area is 73.3 Å². The highest BCUT2D eigenvalue weighted by molar-refractivity contribution is 4.96. The van der Waals surface area contributed by atoms with E-state index >= 15 is 0 Å². The molecule has 2 aliphatic rings. The van der Waals surface area contributed by atoms with Gasteiger partial charge in [-0.05, 0) is 0 Å². The Kier molecular flexibility index (Phi) is 2.05. The van der Waals surface area contributed by atoms with E-state index in [1.54, 1.807) is 0 Å². The molecule has 2 heterocycles. The number of hydrogen-bond donors (Lipinski definition) is 4. The quantitative estimate of drug-likeness (QED) is 0.367. The van der Waals surface area contributed by atoms with Gasteiger partial charge in [0.2, 0.25) is 6.17 Å². The molecule has 0 aromatic rings. The van der Waals surface area contributed by atoms with Gasteiger partial charge in [0.1, 0.15) is 24.4 Å². The second-order valence-electron chi connectivity index (χ2n) is 3.11. The molecule has 7 nitrogen and oxygen atoms in total. The van der Waals surface area contributed by atoms with E-state index in [1.165, 1.54) is 0 Å². The summed E-state index contributed by atoms with van der Waals surface area (Å²) in [5.74, 6) is 0. The lowest BCUT2D eigenvalue weighted by atomic mass is 9.98. The van der Waals surface area contributed by atoms with Gasteiger partial charge in [0.15, 0.2) is 6.29 Å². The second-order valence-corrected chi connectivity index (χ2v) is 3.11. The summed E-state index contributed by atoms with van der Waals surface area (Å²) in [6, 6.07) is 0. The molecule has 5 atom stereocenters. The summed E-state index contributed by atoms with van der Waals surface area (Å²) in [7, 11) is 0. The fourth-order valence-electron chi connectivity index (χ4n) is 1.30. The lowest BCUT2D eigenvalue weighted by Crippen LogP contribution is -2.58. The topological polar surface area (TPSA) is 115 Å². The van der Waals surface area contributed by atoms with Gasteiger partial charge in [-0.1, -0.05) is 0 Å². The third-order valence-electron chi connectivity index (χ3n) is 2.17. The molecule has 7 heteroatoms. The molecule has 2 rings (SSSR count). The molecule has 0 radical (unpaired) electrons. The summed E-state index contributed by atoms with van der Waals surface area (Å²) < 4.78 is 4.81. The van der Waals surface area contributed by atoms with E-state index in [9.17, 15) is 10.2 Å². The number of aliphatic hydroxyl groups excluding tert-OH is 4. The average Bonchev–Trinajstić information content (AvgIpc) is 2.91. The average molecular weight is 190 g/mol. The number of nitrogens with zero attached hydrogens (tertiary/aromatic N) is 2. The van der Waals surface area contributed by atoms with Crippen LogP contribution in [-0.2, 0) is 4.74 Å². The maximum absolute atomic E-state index is 9.37. The van der Waals surface area contributed by atoms with Gasteiger partial charge in [-0.25, -0.2) is 0 Å². The van der Waals surface area contributed by atoms with Crippen molar-refractivity contribution in [2.24, 2.45) is 10.2 Å². The highest BCUT2D eigenvalue weighted by Crippen LogP contribution is 2.28. The number of ether oxygens (including phenoxy) is 1. The molecule has 1 saturated heterocycles. The molecule has 74 valence electrons. The highest BCUT2D eigenvalue weighted by atomic mass is 16.6. The first-order chi connectivity index (χ1) is 6.11. The van der Waals surface area contributed by atoms with Crippen molar-refractivity contribution in [3.05, 3.63) is 0 Å². The molecular formula is C6H10N2O5. The summed E-state index contributed by atoms with van der Waals surface area (Å²) in [4.78, 5) is 0. The molecule has 0 aromatic heterocycles. The Morgan fingerprint density at radius 2 is 1.46 bits per heavy atom. The fourth-order valence-corrected chi connectivity index (χ4v) is 1.30. The van der Waals surface area contributed by atoms with Gasteiger partial charge in [-0.3, -0.25) is 0 Å². The number of hydrogen-bond acceptors (Lipinski definition) is 7. The van der Waals surface area contributed by atoms with Crippen molar-refractivity contribution in [3.63, 3.8) is 0 Å². The Morgan fingerprint density at radius 1 is 0.846 bits per heavy atom. The molecule has 13 heavy (non-hydrogen) atoms. The third kappa shape index (κ3) is 1.45. The summed E-state index contributed by atoms with van der Waals surface area (Å²) in [6.45, 7) is 0. The van der Waals surface area contributed by atoms with Crippen molar-refractivity contribution in [3.8, 4) is 0 Å². The van der Waals surface area contributed by atoms with Crippen LogP contribution in [0.25, 0.3) is 0 Å². The zero-order valence-electron chi connectivity index (χ0n) is 6.56. The maximum atomic E-state index is 9.37. The van der Waals surface area contributed by atoms with E-state index in [-0.39, 0.29) is 0 Å². The van der Waals surface area contributed by atoms with Crippen molar-refractivity contribution in [1.82, 2.24) is 0 Å². The molecule has 0 amide bonds. The first-order valence-corrected chi connectivity index (χ1v) is 3.89. The van der Waals surface area contributed by atoms with Crippen LogP contribution < -0.4 is 0 Å². The van der Waals surface area contributed by atoms with Crippen molar-refractivity contribution in [2.45, 2.75) is 36.9 Å². The zero-order chi connectivity index (χ0) is 9.59. The van der Waals surface area contributed by atoms with Crippen LogP contribution in [0.5, 0.6) is 0 Å². The van der Waals surface area contributed by atoms with Crippen LogP contribution in [0.2, 0.25) is 0 Å². The first kappa shape index (κ1) is 8.97. The van der Waals surface area contributed by atoms with Crippen molar-refractivity contribution in [2.75, 3.05) is 0 Å². The number of aliphatic hydroxyl groups is 4. The Hall–Kier alpha value is -0.600. The fraction of sp³-hybridized carbons (Fsp3) is 1.00. The lowest BCUT2D eigenvalue weighted by Gasteiger charge is -2.37. The Morgan fingerprint density at radius 3 is 2.00 bits per heavy atom. The van der Waals surface area contributed by atoms with E-state index in [2.05, 4.69) is 10.2 Å². The largest absolute Gasteiger partial charge is 0.387 e. The van der Waals surface area contributed by atoms with Gasteiger partial charge in [0.25, 0.3) is 0 Å². The maximum Gasteiger partial charge on any atom is 0.209 e. The van der Waals surface area contributed by atoms with E-state index < -0.39 is 36.9 Å². The summed E-state index contributed by atoms with van der Waals surface area (Å²) in [5, 5.41) is 43.8. The first-order valence-electron chi connectivity index (χ1n) is 3.89. The zero-order valence-corrected chi connectivity index (χ0v) is 6.56. The van der Waals surface area contributed by atoms with E-state index in [0.29, 0.717) is 0 Å². The molecule has 4 N–H and O–H groups in total. The predicted octanol–water partition coefficient (Wildman–Crippen LogP) is -2.42. The van der Waals surface area contributed by atoms with Crippen LogP contribution in [0.1, 0.15) is 0 Å². The Balaban J connectivity index is 2.05. The van der Waals surface area contributed by atoms with Crippen LogP contribution in [-0.4, -0.2) is 57.3 Å². The van der Waals surface area contributed by atoms with E-state index in [0.717, 1.165) is 0 Å². The minimum Gasteiger partial charge on any atom is -0.387 e. The SMILES string of the molecule is O[C@@H]1[C@@H](O)[C@H](O)O[C@H](C2N=N2)[C@H]1O. The lowest BCUT2D eigenvalue weighted by molar-refractivity contribution is -0.281. The monoisotopic (exact) mass is 190 g/mol. The van der Waals surface area contributed by atoms with Gasteiger partial charge in [0, 0.05) is 0 Å².